The maximum absolute atomic E-state index is 13.3. The van der Waals surface area contributed by atoms with E-state index >= 15 is 0 Å². The zero-order valence-corrected chi connectivity index (χ0v) is 60.5. The summed E-state index contributed by atoms with van der Waals surface area (Å²) in [6.45, 7) is 24.3. The van der Waals surface area contributed by atoms with Gasteiger partial charge >= 0.3 is 21.1 Å². The van der Waals surface area contributed by atoms with Gasteiger partial charge in [-0.15, -0.1) is 0 Å². The first-order valence-corrected chi connectivity index (χ1v) is 34.5. The third-order valence-corrected chi connectivity index (χ3v) is 23.3. The van der Waals surface area contributed by atoms with Gasteiger partial charge in [-0.1, -0.05) is 117 Å². The highest BCUT2D eigenvalue weighted by molar-refractivity contribution is 9.10. The molecule has 506 valence electrons. The second kappa shape index (κ2) is 25.3. The number of methoxy groups -OCH3 is 2. The summed E-state index contributed by atoms with van der Waals surface area (Å²) in [7, 11) is 1.92. The Labute approximate surface area is 585 Å². The number of imide groups is 3. The van der Waals surface area contributed by atoms with Gasteiger partial charge < -0.3 is 42.5 Å². The summed E-state index contributed by atoms with van der Waals surface area (Å²) in [6.07, 6.45) is 2.70. The molecule has 1 N–H and O–H groups in total. The molecule has 0 spiro atoms. The lowest BCUT2D eigenvalue weighted by Gasteiger charge is -2.51. The van der Waals surface area contributed by atoms with Gasteiger partial charge in [-0.3, -0.25) is 43.5 Å². The number of aliphatic hydroxyl groups excluding tert-OH is 1. The minimum atomic E-state index is -0.757. The number of carbonyl (C=O) groups excluding carboxylic acids is 6. The number of hydrogen-bond acceptors (Lipinski definition) is 15. The van der Waals surface area contributed by atoms with E-state index in [9.17, 15) is 33.9 Å². The number of benzene rings is 6. The number of nitrogens with zero attached hydrogens (tertiary/aromatic N) is 3. The van der Waals surface area contributed by atoms with Crippen molar-refractivity contribution in [3.8, 4) is 0 Å². The summed E-state index contributed by atoms with van der Waals surface area (Å²) in [5, 5.41) is 9.89. The number of aliphatic hydroxyl groups is 1. The summed E-state index contributed by atoms with van der Waals surface area (Å²) >= 11 is 6.83. The highest BCUT2D eigenvalue weighted by atomic mass is 79.9. The van der Waals surface area contributed by atoms with Crippen LogP contribution in [-0.4, -0.2) is 143 Å². The first-order chi connectivity index (χ1) is 45.6. The van der Waals surface area contributed by atoms with Crippen molar-refractivity contribution in [1.82, 2.24) is 14.7 Å². The molecule has 0 atom stereocenters. The van der Waals surface area contributed by atoms with E-state index in [0.29, 0.717) is 71.9 Å². The molecule has 97 heavy (non-hydrogen) atoms. The standard InChI is InChI=1S/C25H28BNO5.C19H16BrNO3.C18H14BrNO3.C12H24B2O4/c1-23(2)24(3,4)32-26(31-23)17-12-10-16(11-13-17)25(14-18(15-25)30-5)27-21(28)19-8-6-7-9-20(19)22(27)29;1-24-14-10-19(11-14,12-6-8-13(20)9-7-12)21-17(22)15-4-2-3-5-16(15)18(21)23;19-12-7-5-11(6-8-12)18(9-13(21)10-18)20-16(22)14-3-1-2-4-15(14)17(20)23;1-9(2)10(3,4)16-13(15-9)14-17-11(5,6)12(7,8)18-14/h6-13,18H,14-15H2,1-5H3;2-9,14H,10-11H2,1H3;1-8,13,21H,9-10H2;1-8H3. The van der Waals surface area contributed by atoms with Crippen molar-refractivity contribution in [3.05, 3.63) is 205 Å². The summed E-state index contributed by atoms with van der Waals surface area (Å²) < 4.78 is 49.0. The maximum atomic E-state index is 13.3. The molecule has 0 aromatic heterocycles. The van der Waals surface area contributed by atoms with E-state index in [4.69, 9.17) is 37.4 Å². The predicted octanol–water partition coefficient (Wildman–Crippen LogP) is 12.4. The first kappa shape index (κ1) is 70.4. The first-order valence-electron chi connectivity index (χ1n) is 32.9. The number of ether oxygens (including phenoxy) is 2. The lowest BCUT2D eigenvalue weighted by molar-refractivity contribution is -0.0713. The molecule has 6 aromatic carbocycles. The minimum Gasteiger partial charge on any atom is -0.405 e. The average Bonchev–Trinajstić information content (AvgIpc) is 1.67. The molecule has 6 fully saturated rings. The molecule has 3 saturated carbocycles. The van der Waals surface area contributed by atoms with Gasteiger partial charge in [-0.05, 0) is 166 Å². The van der Waals surface area contributed by atoms with Crippen LogP contribution >= 0.6 is 31.9 Å². The molecule has 6 amide bonds. The number of fused-ring (bicyclic) bond motifs is 3. The van der Waals surface area contributed by atoms with Crippen LogP contribution in [-0.2, 0) is 54.0 Å². The zero-order valence-electron chi connectivity index (χ0n) is 57.3. The Morgan fingerprint density at radius 3 is 0.825 bits per heavy atom. The van der Waals surface area contributed by atoms with Gasteiger partial charge in [0, 0.05) is 61.7 Å². The molecular formula is C74H82B3Br2N3O15. The molecule has 9 aliphatic rings. The van der Waals surface area contributed by atoms with Crippen LogP contribution in [0.1, 0.15) is 200 Å². The molecule has 0 radical (unpaired) electrons. The minimum absolute atomic E-state index is 0.00193. The summed E-state index contributed by atoms with van der Waals surface area (Å²) in [5.74, 6) is -1.47. The van der Waals surface area contributed by atoms with Gasteiger partial charge in [0.2, 0.25) is 0 Å². The molecule has 6 aromatic rings. The normalized spacial score (nSPS) is 27.7. The quantitative estimate of drug-likeness (QED) is 0.1000. The lowest BCUT2D eigenvalue weighted by atomic mass is 9.49. The number of amides is 6. The van der Waals surface area contributed by atoms with E-state index in [2.05, 4.69) is 31.9 Å². The molecular weight excluding hydrogens is 1360 g/mol. The van der Waals surface area contributed by atoms with Crippen LogP contribution in [0.5, 0.6) is 0 Å². The molecule has 6 aliphatic heterocycles. The predicted molar refractivity (Wildman–Crippen MR) is 374 cm³/mol. The fourth-order valence-corrected chi connectivity index (χ4v) is 14.8. The fraction of sp³-hybridized carbons (Fsp3) is 0.432. The number of rotatable bonds is 10. The molecule has 15 rings (SSSR count). The number of carbonyl (C=O) groups is 6. The van der Waals surface area contributed by atoms with Crippen LogP contribution in [0.15, 0.2) is 155 Å². The number of halogens is 2. The monoisotopic (exact) mass is 1440 g/mol. The Hall–Kier alpha value is -6.47. The Morgan fingerprint density at radius 1 is 0.361 bits per heavy atom. The van der Waals surface area contributed by atoms with Gasteiger partial charge in [0.05, 0.1) is 102 Å². The highest BCUT2D eigenvalue weighted by Gasteiger charge is 2.65. The maximum Gasteiger partial charge on any atom is 0.494 e. The second-order valence-electron chi connectivity index (χ2n) is 29.6. The van der Waals surface area contributed by atoms with Gasteiger partial charge in [0.15, 0.2) is 0 Å². The lowest BCUT2D eigenvalue weighted by Crippen LogP contribution is -2.59. The molecule has 3 saturated heterocycles. The van der Waals surface area contributed by atoms with Crippen LogP contribution in [0.3, 0.4) is 0 Å². The molecule has 23 heteroatoms. The van der Waals surface area contributed by atoms with Crippen LogP contribution in [0.4, 0.5) is 0 Å². The van der Waals surface area contributed by atoms with Crippen molar-refractivity contribution >= 4 is 93.9 Å². The Balaban J connectivity index is 0.000000126. The molecule has 0 bridgehead atoms. The van der Waals surface area contributed by atoms with Crippen LogP contribution in [0.2, 0.25) is 0 Å². The smallest absolute Gasteiger partial charge is 0.405 e. The van der Waals surface area contributed by atoms with E-state index in [1.807, 2.05) is 156 Å². The fourth-order valence-electron chi connectivity index (χ4n) is 14.3. The topological polar surface area (TPSA) is 206 Å². The van der Waals surface area contributed by atoms with E-state index in [0.717, 1.165) is 31.1 Å². The molecule has 3 aliphatic carbocycles. The average molecular weight is 1450 g/mol. The second-order valence-corrected chi connectivity index (χ2v) is 31.5. The van der Waals surface area contributed by atoms with Gasteiger partial charge in [0.1, 0.15) is 0 Å². The van der Waals surface area contributed by atoms with E-state index in [-0.39, 0.29) is 70.1 Å². The Bertz CT molecular complexity index is 3900. The molecule has 18 nitrogen and oxygen atoms in total. The van der Waals surface area contributed by atoms with Crippen molar-refractivity contribution in [2.24, 2.45) is 0 Å². The largest absolute Gasteiger partial charge is 0.494 e. The highest BCUT2D eigenvalue weighted by Crippen LogP contribution is 2.54. The van der Waals surface area contributed by atoms with Crippen LogP contribution in [0, 0.1) is 0 Å². The van der Waals surface area contributed by atoms with E-state index < -0.39 is 55.1 Å². The van der Waals surface area contributed by atoms with Crippen molar-refractivity contribution < 1.29 is 71.3 Å². The zero-order chi connectivity index (χ0) is 70.0. The van der Waals surface area contributed by atoms with Gasteiger partial charge in [-0.25, -0.2) is 0 Å². The SMILES string of the molecule is CC1(C)OB(B2OC(C)(C)C(C)(C)O2)OC1(C)C.COC1CC(c2ccc(B3OC(C)(C)C(C)(C)O3)cc2)(N2C(=O)c3ccccc3C2=O)C1.COC1CC(c2ccc(Br)cc2)(N2C(=O)c3ccccc3C2=O)C1.O=C1c2ccccc2C(=O)N1C1(c2ccc(Br)cc2)CC(O)C1. The summed E-state index contributed by atoms with van der Waals surface area (Å²) in [6, 6.07) is 44.2. The summed E-state index contributed by atoms with van der Waals surface area (Å²) in [4.78, 5) is 82.2. The number of hydrogen-bond donors (Lipinski definition) is 1. The van der Waals surface area contributed by atoms with Gasteiger partial charge in [0.25, 0.3) is 35.4 Å². The van der Waals surface area contributed by atoms with Crippen molar-refractivity contribution in [2.75, 3.05) is 14.2 Å². The van der Waals surface area contributed by atoms with Crippen molar-refractivity contribution in [2.45, 2.75) is 190 Å². The Kier molecular flexibility index (Phi) is 18.4. The molecule has 6 heterocycles. The van der Waals surface area contributed by atoms with E-state index in [1.165, 1.54) is 14.7 Å². The van der Waals surface area contributed by atoms with Gasteiger partial charge in [-0.2, -0.15) is 0 Å². The van der Waals surface area contributed by atoms with E-state index in [1.54, 1.807) is 87.0 Å². The van der Waals surface area contributed by atoms with Crippen LogP contribution < -0.4 is 5.46 Å². The third-order valence-electron chi connectivity index (χ3n) is 22.2. The summed E-state index contributed by atoms with van der Waals surface area (Å²) in [5.41, 5.74) is 2.06. The van der Waals surface area contributed by atoms with Crippen LogP contribution in [0.25, 0.3) is 0 Å². The third kappa shape index (κ3) is 12.0. The molecule has 0 unspecified atom stereocenters. The Morgan fingerprint density at radius 2 is 0.588 bits per heavy atom. The van der Waals surface area contributed by atoms with Crippen molar-refractivity contribution in [1.29, 1.82) is 0 Å². The van der Waals surface area contributed by atoms with Crippen molar-refractivity contribution in [3.63, 3.8) is 0 Å².